The van der Waals surface area contributed by atoms with Gasteiger partial charge in [0.15, 0.2) is 5.88 Å². The van der Waals surface area contributed by atoms with E-state index in [1.54, 1.807) is 25.4 Å². The number of fused-ring (bicyclic) bond motifs is 2. The quantitative estimate of drug-likeness (QED) is 0.605. The van der Waals surface area contributed by atoms with Crippen LogP contribution in [0.1, 0.15) is 12.5 Å². The van der Waals surface area contributed by atoms with E-state index in [4.69, 9.17) is 16.6 Å². The minimum atomic E-state index is -3.63. The number of aromatic hydroxyl groups is 1. The number of rotatable bonds is 3. The zero-order valence-electron chi connectivity index (χ0n) is 17.4. The summed E-state index contributed by atoms with van der Waals surface area (Å²) in [4.78, 5) is 9.80. The normalized spacial score (nSPS) is 15.3. The lowest BCUT2D eigenvalue weighted by Crippen LogP contribution is -2.39. The molecule has 164 valence electrons. The fourth-order valence-corrected chi connectivity index (χ4v) is 4.74. The smallest absolute Gasteiger partial charge is 0.253 e. The lowest BCUT2D eigenvalue weighted by Gasteiger charge is -2.25. The maximum Gasteiger partial charge on any atom is 0.253 e. The molecular formula is C22H20ClN5O3S. The number of aliphatic imine (C=N–C) groups is 1. The van der Waals surface area contributed by atoms with Crippen LogP contribution in [0, 0.1) is 0 Å². The van der Waals surface area contributed by atoms with E-state index in [1.807, 2.05) is 46.9 Å². The molecule has 2 aliphatic heterocycles. The van der Waals surface area contributed by atoms with Crippen LogP contribution in [0.4, 0.5) is 5.69 Å². The first-order chi connectivity index (χ1) is 15.3. The second-order valence-electron chi connectivity index (χ2n) is 7.55. The van der Waals surface area contributed by atoms with Crippen LogP contribution in [-0.2, 0) is 17.1 Å². The summed E-state index contributed by atoms with van der Waals surface area (Å²) in [5.41, 5.74) is 2.58. The zero-order valence-corrected chi connectivity index (χ0v) is 18.9. The molecular weight excluding hydrogens is 450 g/mol. The van der Waals surface area contributed by atoms with Gasteiger partial charge in [0.1, 0.15) is 5.82 Å². The molecule has 5 rings (SSSR count). The van der Waals surface area contributed by atoms with Crippen LogP contribution in [0.15, 0.2) is 45.9 Å². The summed E-state index contributed by atoms with van der Waals surface area (Å²) in [6.45, 7) is 2.08. The third-order valence-corrected chi connectivity index (χ3v) is 7.06. The standard InChI is InChI=1S/C22H20ClN5O3S/c1-3-32(30,31)26-16-8-10-27(2)20-15(16)12-24-21-18-17(25-22(29)19(18)20)9-11-28(21)14-6-4-13(23)5-7-14/h4-10,12,25,29H,3,11H2,1-2H3. The van der Waals surface area contributed by atoms with Crippen LogP contribution in [0.3, 0.4) is 0 Å². The summed E-state index contributed by atoms with van der Waals surface area (Å²) in [6, 6.07) is 9.06. The van der Waals surface area contributed by atoms with Crippen molar-refractivity contribution in [1.82, 2.24) is 9.55 Å². The molecule has 32 heavy (non-hydrogen) atoms. The van der Waals surface area contributed by atoms with Gasteiger partial charge in [0, 0.05) is 42.3 Å². The number of anilines is 1. The van der Waals surface area contributed by atoms with Gasteiger partial charge in [0.05, 0.1) is 32.9 Å². The SMILES string of the molecule is CCS(=O)(=O)N=c1ccn(C)c2c1C=NC1=c3c-2c(O)[nH]c3=CCN1c1ccc(Cl)cc1. The number of hydrogen-bond acceptors (Lipinski definition) is 5. The topological polar surface area (TPSA) is 103 Å². The number of nitrogens with one attached hydrogen (secondary N) is 1. The second-order valence-corrected chi connectivity index (χ2v) is 9.91. The van der Waals surface area contributed by atoms with Crippen LogP contribution in [0.25, 0.3) is 23.2 Å². The lowest BCUT2D eigenvalue weighted by molar-refractivity contribution is 0.457. The summed E-state index contributed by atoms with van der Waals surface area (Å²) >= 11 is 6.07. The van der Waals surface area contributed by atoms with Crippen LogP contribution in [-0.4, -0.2) is 41.6 Å². The molecule has 3 aromatic rings. The van der Waals surface area contributed by atoms with Gasteiger partial charge in [-0.3, -0.25) is 0 Å². The van der Waals surface area contributed by atoms with Gasteiger partial charge in [-0.2, -0.15) is 4.40 Å². The second kappa shape index (κ2) is 7.39. The predicted molar refractivity (Wildman–Crippen MR) is 125 cm³/mol. The number of aryl methyl sites for hydroxylation is 1. The van der Waals surface area contributed by atoms with E-state index in [2.05, 4.69) is 9.38 Å². The Morgan fingerprint density at radius 3 is 2.72 bits per heavy atom. The Kier molecular flexibility index (Phi) is 4.75. The molecule has 0 radical (unpaired) electrons. The molecule has 4 heterocycles. The molecule has 8 nitrogen and oxygen atoms in total. The van der Waals surface area contributed by atoms with Crippen molar-refractivity contribution < 1.29 is 13.5 Å². The largest absolute Gasteiger partial charge is 0.494 e. The molecule has 2 aliphatic rings. The van der Waals surface area contributed by atoms with E-state index < -0.39 is 10.0 Å². The molecule has 0 saturated heterocycles. The van der Waals surface area contributed by atoms with Crippen molar-refractivity contribution in [2.45, 2.75) is 6.92 Å². The lowest BCUT2D eigenvalue weighted by atomic mass is 10.1. The van der Waals surface area contributed by atoms with Gasteiger partial charge >= 0.3 is 0 Å². The molecule has 0 saturated carbocycles. The Balaban J connectivity index is 1.85. The summed E-state index contributed by atoms with van der Waals surface area (Å²) in [5, 5.41) is 13.3. The maximum absolute atomic E-state index is 12.2. The van der Waals surface area contributed by atoms with Gasteiger partial charge in [0.25, 0.3) is 10.0 Å². The molecule has 0 unspecified atom stereocenters. The van der Waals surface area contributed by atoms with Crippen molar-refractivity contribution >= 4 is 45.4 Å². The maximum atomic E-state index is 12.2. The van der Waals surface area contributed by atoms with Crippen molar-refractivity contribution in [3.8, 4) is 17.1 Å². The summed E-state index contributed by atoms with van der Waals surface area (Å²) < 4.78 is 30.3. The fraction of sp³-hybridized carbons (Fsp3) is 0.182. The number of nitrogens with zero attached hydrogens (tertiary/aromatic N) is 4. The third kappa shape index (κ3) is 3.25. The summed E-state index contributed by atoms with van der Waals surface area (Å²) in [5.74, 6) is 0.512. The van der Waals surface area contributed by atoms with E-state index in [0.29, 0.717) is 34.2 Å². The van der Waals surface area contributed by atoms with E-state index in [0.717, 1.165) is 16.3 Å². The van der Waals surface area contributed by atoms with Gasteiger partial charge < -0.3 is 19.6 Å². The van der Waals surface area contributed by atoms with Gasteiger partial charge in [-0.15, -0.1) is 0 Å². The highest BCUT2D eigenvalue weighted by Gasteiger charge is 2.26. The highest BCUT2D eigenvalue weighted by atomic mass is 35.5. The monoisotopic (exact) mass is 469 g/mol. The molecule has 0 fully saturated rings. The first-order valence-electron chi connectivity index (χ1n) is 10.0. The van der Waals surface area contributed by atoms with Crippen molar-refractivity contribution in [3.63, 3.8) is 0 Å². The molecule has 0 atom stereocenters. The summed E-state index contributed by atoms with van der Waals surface area (Å²) in [7, 11) is -1.80. The zero-order chi connectivity index (χ0) is 22.6. The van der Waals surface area contributed by atoms with Crippen molar-refractivity contribution in [3.05, 3.63) is 63.0 Å². The Labute approximate surface area is 189 Å². The van der Waals surface area contributed by atoms with Crippen LogP contribution in [0.5, 0.6) is 5.88 Å². The molecule has 0 aliphatic carbocycles. The van der Waals surface area contributed by atoms with Crippen molar-refractivity contribution in [2.24, 2.45) is 16.4 Å². The third-order valence-electron chi connectivity index (χ3n) is 5.60. The van der Waals surface area contributed by atoms with Crippen LogP contribution >= 0.6 is 11.6 Å². The van der Waals surface area contributed by atoms with Crippen LogP contribution in [0.2, 0.25) is 5.02 Å². The van der Waals surface area contributed by atoms with Crippen molar-refractivity contribution in [2.75, 3.05) is 17.2 Å². The number of aromatic nitrogens is 2. The Bertz CT molecular complexity index is 1580. The number of benzene rings is 1. The Hall–Kier alpha value is -3.30. The van der Waals surface area contributed by atoms with E-state index in [-0.39, 0.29) is 17.0 Å². The van der Waals surface area contributed by atoms with Crippen LogP contribution < -0.4 is 20.8 Å². The molecule has 1 aromatic carbocycles. The Morgan fingerprint density at radius 2 is 2.00 bits per heavy atom. The number of aromatic amines is 1. The van der Waals surface area contributed by atoms with Crippen molar-refractivity contribution in [1.29, 1.82) is 0 Å². The van der Waals surface area contributed by atoms with Gasteiger partial charge in [-0.25, -0.2) is 13.4 Å². The Morgan fingerprint density at radius 1 is 1.25 bits per heavy atom. The molecule has 2 aromatic heterocycles. The fourth-order valence-electron chi connectivity index (χ4n) is 4.02. The van der Waals surface area contributed by atoms with Gasteiger partial charge in [-0.05, 0) is 43.3 Å². The van der Waals surface area contributed by atoms with E-state index >= 15 is 0 Å². The minimum Gasteiger partial charge on any atom is -0.494 e. The molecule has 0 bridgehead atoms. The van der Waals surface area contributed by atoms with E-state index in [1.165, 1.54) is 0 Å². The average molecular weight is 470 g/mol. The highest BCUT2D eigenvalue weighted by molar-refractivity contribution is 7.89. The predicted octanol–water partition coefficient (Wildman–Crippen LogP) is 1.43. The summed E-state index contributed by atoms with van der Waals surface area (Å²) in [6.07, 6.45) is 5.32. The number of sulfonamides is 1. The first kappa shape index (κ1) is 20.6. The number of halogens is 1. The van der Waals surface area contributed by atoms with Gasteiger partial charge in [-0.1, -0.05) is 11.6 Å². The number of hydrogen-bond donors (Lipinski definition) is 2. The molecule has 2 N–H and O–H groups in total. The minimum absolute atomic E-state index is 0.0143. The highest BCUT2D eigenvalue weighted by Crippen LogP contribution is 2.30. The number of H-pyrrole nitrogens is 1. The van der Waals surface area contributed by atoms with E-state index in [9.17, 15) is 13.5 Å². The molecule has 0 spiro atoms. The molecule has 10 heteroatoms. The molecule has 0 amide bonds. The first-order valence-corrected chi connectivity index (χ1v) is 12.0. The van der Waals surface area contributed by atoms with Gasteiger partial charge in [0.2, 0.25) is 0 Å². The number of pyridine rings is 1. The average Bonchev–Trinajstić information content (AvgIpc) is 2.98.